The van der Waals surface area contributed by atoms with Gasteiger partial charge in [0.2, 0.25) is 0 Å². The lowest BCUT2D eigenvalue weighted by molar-refractivity contribution is -0.139. The fraction of sp³-hybridized carbons (Fsp3) is 0.241. The number of hydrogen-bond donors (Lipinski definition) is 2. The Morgan fingerprint density at radius 1 is 0.946 bits per heavy atom. The lowest BCUT2D eigenvalue weighted by Crippen LogP contribution is -2.31. The minimum absolute atomic E-state index is 0.0445. The summed E-state index contributed by atoms with van der Waals surface area (Å²) in [5.41, 5.74) is 1.76. The van der Waals surface area contributed by atoms with Crippen LogP contribution in [0.1, 0.15) is 36.6 Å². The van der Waals surface area contributed by atoms with Crippen LogP contribution in [0.25, 0.3) is 5.76 Å². The summed E-state index contributed by atoms with van der Waals surface area (Å²) in [5.74, 6) is -0.895. The van der Waals surface area contributed by atoms with E-state index in [0.29, 0.717) is 41.7 Å². The van der Waals surface area contributed by atoms with E-state index in [0.717, 1.165) is 5.56 Å². The molecule has 8 heteroatoms. The van der Waals surface area contributed by atoms with Gasteiger partial charge in [-0.15, -0.1) is 0 Å². The fourth-order valence-electron chi connectivity index (χ4n) is 4.39. The van der Waals surface area contributed by atoms with E-state index in [2.05, 4.69) is 0 Å². The van der Waals surface area contributed by atoms with E-state index in [1.54, 1.807) is 42.5 Å². The summed E-state index contributed by atoms with van der Waals surface area (Å²) in [6.07, 6.45) is 0.478. The third kappa shape index (κ3) is 5.57. The Balaban J connectivity index is 1.80. The van der Waals surface area contributed by atoms with E-state index < -0.39 is 17.7 Å². The van der Waals surface area contributed by atoms with E-state index in [9.17, 15) is 19.8 Å². The van der Waals surface area contributed by atoms with Crippen molar-refractivity contribution in [1.29, 1.82) is 0 Å². The van der Waals surface area contributed by atoms with E-state index in [4.69, 9.17) is 21.1 Å². The molecule has 1 aliphatic rings. The van der Waals surface area contributed by atoms with Crippen LogP contribution in [0.2, 0.25) is 5.02 Å². The van der Waals surface area contributed by atoms with Gasteiger partial charge >= 0.3 is 0 Å². The molecule has 37 heavy (non-hydrogen) atoms. The summed E-state index contributed by atoms with van der Waals surface area (Å²) in [7, 11) is 0. The number of carbonyl (C=O) groups excluding carboxylic acids is 2. The van der Waals surface area contributed by atoms with Crippen LogP contribution in [0.4, 0.5) is 0 Å². The number of carbonyl (C=O) groups is 2. The second-order valence-electron chi connectivity index (χ2n) is 8.48. The number of hydrogen-bond acceptors (Lipinski definition) is 6. The number of amides is 1. The van der Waals surface area contributed by atoms with Crippen LogP contribution in [-0.2, 0) is 16.0 Å². The predicted octanol–water partition coefficient (Wildman–Crippen LogP) is 5.51. The first-order valence-corrected chi connectivity index (χ1v) is 12.4. The molecule has 0 aliphatic carbocycles. The molecule has 0 aromatic heterocycles. The summed E-state index contributed by atoms with van der Waals surface area (Å²) in [6, 6.07) is 17.6. The Bertz CT molecular complexity index is 1320. The number of phenols is 1. The average Bonchev–Trinajstić information content (AvgIpc) is 3.14. The minimum Gasteiger partial charge on any atom is -0.508 e. The third-order valence-electron chi connectivity index (χ3n) is 6.12. The molecule has 7 nitrogen and oxygen atoms in total. The van der Waals surface area contributed by atoms with E-state index >= 15 is 0 Å². The zero-order valence-corrected chi connectivity index (χ0v) is 21.4. The number of likely N-dealkylation sites (tertiary alicyclic amines) is 1. The fourth-order valence-corrected chi connectivity index (χ4v) is 4.52. The molecule has 3 aromatic rings. The number of rotatable bonds is 9. The summed E-state index contributed by atoms with van der Waals surface area (Å²) >= 11 is 5.99. The standard InChI is InChI=1S/C29H28ClNO6/c1-3-36-22-13-14-23(24(17-22)37-4-2)27(33)25-26(19-7-11-21(32)12-8-19)31(29(35)28(25)34)16-15-18-5-9-20(30)10-6-18/h5-14,17,26,32-33H,3-4,15-16H2,1-2H3/b27-25-. The number of ketones is 1. The van der Waals surface area contributed by atoms with Gasteiger partial charge in [0.05, 0.1) is 30.4 Å². The maximum absolute atomic E-state index is 13.3. The monoisotopic (exact) mass is 521 g/mol. The highest BCUT2D eigenvalue weighted by Gasteiger charge is 2.46. The predicted molar refractivity (Wildman–Crippen MR) is 141 cm³/mol. The van der Waals surface area contributed by atoms with Gasteiger partial charge in [-0.25, -0.2) is 0 Å². The second-order valence-corrected chi connectivity index (χ2v) is 8.92. The van der Waals surface area contributed by atoms with Gasteiger partial charge < -0.3 is 24.6 Å². The van der Waals surface area contributed by atoms with Gasteiger partial charge in [-0.1, -0.05) is 35.9 Å². The minimum atomic E-state index is -0.853. The molecule has 1 fully saturated rings. The highest BCUT2D eigenvalue weighted by Crippen LogP contribution is 2.42. The zero-order valence-electron chi connectivity index (χ0n) is 20.6. The first-order chi connectivity index (χ1) is 17.8. The number of aromatic hydroxyl groups is 1. The molecule has 1 saturated heterocycles. The number of aliphatic hydroxyl groups is 1. The number of phenolic OH excluding ortho intramolecular Hbond substituents is 1. The molecule has 0 saturated carbocycles. The van der Waals surface area contributed by atoms with Crippen molar-refractivity contribution in [2.45, 2.75) is 26.3 Å². The van der Waals surface area contributed by atoms with Crippen LogP contribution in [0, 0.1) is 0 Å². The normalized spacial score (nSPS) is 16.7. The van der Waals surface area contributed by atoms with Crippen LogP contribution >= 0.6 is 11.6 Å². The van der Waals surface area contributed by atoms with E-state index in [1.807, 2.05) is 26.0 Å². The number of nitrogens with zero attached hydrogens (tertiary/aromatic N) is 1. The maximum atomic E-state index is 13.3. The van der Waals surface area contributed by atoms with Gasteiger partial charge in [-0.2, -0.15) is 0 Å². The summed E-state index contributed by atoms with van der Waals surface area (Å²) < 4.78 is 11.3. The SMILES string of the molecule is CCOc1ccc(/C(O)=C2/C(=O)C(=O)N(CCc3ccc(Cl)cc3)C2c2ccc(O)cc2)c(OCC)c1. The first-order valence-electron chi connectivity index (χ1n) is 12.1. The van der Waals surface area contributed by atoms with Crippen LogP contribution in [0.3, 0.4) is 0 Å². The topological polar surface area (TPSA) is 96.3 Å². The molecule has 1 atom stereocenters. The number of halogens is 1. The van der Waals surface area contributed by atoms with Crippen molar-refractivity contribution in [3.63, 3.8) is 0 Å². The number of aliphatic hydroxyl groups excluding tert-OH is 1. The molecule has 1 amide bonds. The maximum Gasteiger partial charge on any atom is 0.295 e. The van der Waals surface area contributed by atoms with Crippen LogP contribution < -0.4 is 9.47 Å². The van der Waals surface area contributed by atoms with Crippen LogP contribution in [0.5, 0.6) is 17.2 Å². The number of benzene rings is 3. The molecule has 1 heterocycles. The van der Waals surface area contributed by atoms with Crippen molar-refractivity contribution in [1.82, 2.24) is 4.90 Å². The molecule has 2 N–H and O–H groups in total. The summed E-state index contributed by atoms with van der Waals surface area (Å²) in [4.78, 5) is 28.0. The Morgan fingerprint density at radius 3 is 2.27 bits per heavy atom. The van der Waals surface area contributed by atoms with Gasteiger partial charge in [0.1, 0.15) is 23.0 Å². The molecular weight excluding hydrogens is 494 g/mol. The van der Waals surface area contributed by atoms with Gasteiger partial charge in [-0.05, 0) is 67.8 Å². The van der Waals surface area contributed by atoms with Crippen molar-refractivity contribution in [3.8, 4) is 17.2 Å². The molecule has 1 aliphatic heterocycles. The zero-order chi connectivity index (χ0) is 26.5. The van der Waals surface area contributed by atoms with Gasteiger partial charge in [-0.3, -0.25) is 9.59 Å². The highest BCUT2D eigenvalue weighted by atomic mass is 35.5. The molecular formula is C29H28ClNO6. The number of Topliss-reactive ketones (excluding diaryl/α,β-unsaturated/α-hetero) is 1. The van der Waals surface area contributed by atoms with Gasteiger partial charge in [0.25, 0.3) is 11.7 Å². The Kier molecular flexibility index (Phi) is 8.04. The Hall–Kier alpha value is -3.97. The molecule has 0 spiro atoms. The first kappa shape index (κ1) is 26.1. The molecule has 1 unspecified atom stereocenters. The molecule has 3 aromatic carbocycles. The quantitative estimate of drug-likeness (QED) is 0.219. The highest BCUT2D eigenvalue weighted by molar-refractivity contribution is 6.46. The Morgan fingerprint density at radius 2 is 1.62 bits per heavy atom. The van der Waals surface area contributed by atoms with E-state index in [1.165, 1.54) is 17.0 Å². The molecule has 0 radical (unpaired) electrons. The summed E-state index contributed by atoms with van der Waals surface area (Å²) in [5, 5.41) is 21.9. The van der Waals surface area contributed by atoms with Crippen molar-refractivity contribution in [2.75, 3.05) is 19.8 Å². The van der Waals surface area contributed by atoms with Gasteiger partial charge in [0, 0.05) is 17.6 Å². The van der Waals surface area contributed by atoms with Gasteiger partial charge in [0.15, 0.2) is 0 Å². The lowest BCUT2D eigenvalue weighted by atomic mass is 9.94. The largest absolute Gasteiger partial charge is 0.508 e. The Labute approximate surface area is 220 Å². The summed E-state index contributed by atoms with van der Waals surface area (Å²) in [6.45, 7) is 4.68. The van der Waals surface area contributed by atoms with Crippen molar-refractivity contribution >= 4 is 29.1 Å². The van der Waals surface area contributed by atoms with Crippen molar-refractivity contribution < 1.29 is 29.3 Å². The molecule has 192 valence electrons. The van der Waals surface area contributed by atoms with E-state index in [-0.39, 0.29) is 29.2 Å². The average molecular weight is 522 g/mol. The lowest BCUT2D eigenvalue weighted by Gasteiger charge is -2.25. The second kappa shape index (κ2) is 11.4. The van der Waals surface area contributed by atoms with Crippen molar-refractivity contribution in [3.05, 3.63) is 94.0 Å². The number of ether oxygens (including phenoxy) is 2. The molecule has 4 rings (SSSR count). The third-order valence-corrected chi connectivity index (χ3v) is 6.37. The van der Waals surface area contributed by atoms with Crippen molar-refractivity contribution in [2.24, 2.45) is 0 Å². The smallest absolute Gasteiger partial charge is 0.295 e. The molecule has 0 bridgehead atoms. The van der Waals surface area contributed by atoms with Crippen LogP contribution in [0.15, 0.2) is 72.3 Å². The van der Waals surface area contributed by atoms with Crippen LogP contribution in [-0.4, -0.2) is 46.6 Å².